The first-order chi connectivity index (χ1) is 7.74. The lowest BCUT2D eigenvalue weighted by Gasteiger charge is -2.01. The Hall–Kier alpha value is -1.91. The van der Waals surface area contributed by atoms with E-state index < -0.39 is 0 Å². The van der Waals surface area contributed by atoms with Crippen LogP contribution in [-0.2, 0) is 0 Å². The van der Waals surface area contributed by atoms with Crippen LogP contribution in [-0.4, -0.2) is 15.4 Å². The molecule has 82 valence electrons. The average molecular weight is 217 g/mol. The number of nitrogens with one attached hydrogen (secondary N) is 1. The first kappa shape index (κ1) is 9.33. The number of nitrogens with zero attached hydrogens (tertiary/aromatic N) is 2. The molecule has 0 radical (unpaired) electrons. The van der Waals surface area contributed by atoms with Crippen molar-refractivity contribution in [2.75, 3.05) is 0 Å². The number of hydrogen-bond donors (Lipinski definition) is 1. The highest BCUT2D eigenvalue weighted by atomic mass is 16.5. The minimum absolute atomic E-state index is 0.214. The summed E-state index contributed by atoms with van der Waals surface area (Å²) in [5.41, 5.74) is 2.27. The number of rotatable bonds is 2. The van der Waals surface area contributed by atoms with Gasteiger partial charge in [0.2, 0.25) is 0 Å². The van der Waals surface area contributed by atoms with Crippen molar-refractivity contribution in [3.05, 3.63) is 33.9 Å². The third-order valence-corrected chi connectivity index (χ3v) is 2.70. The zero-order valence-corrected chi connectivity index (χ0v) is 8.86. The topological polar surface area (TPSA) is 71.8 Å². The third-order valence-electron chi connectivity index (χ3n) is 2.70. The fourth-order valence-corrected chi connectivity index (χ4v) is 1.77. The van der Waals surface area contributed by atoms with Crippen LogP contribution in [0.5, 0.6) is 0 Å². The SMILES string of the molecule is Cc1cc(-c2cc(=O)[nH]nc2C2CC2)on1. The summed E-state index contributed by atoms with van der Waals surface area (Å²) in [5.74, 6) is 1.08. The molecule has 1 aliphatic rings. The van der Waals surface area contributed by atoms with Gasteiger partial charge in [0.25, 0.3) is 5.56 Å². The van der Waals surface area contributed by atoms with Crippen LogP contribution in [0.4, 0.5) is 0 Å². The van der Waals surface area contributed by atoms with Crippen LogP contribution < -0.4 is 5.56 Å². The van der Waals surface area contributed by atoms with Crippen LogP contribution in [0.25, 0.3) is 11.3 Å². The highest BCUT2D eigenvalue weighted by Crippen LogP contribution is 2.42. The van der Waals surface area contributed by atoms with Crippen LogP contribution in [0.15, 0.2) is 21.5 Å². The van der Waals surface area contributed by atoms with E-state index in [1.807, 2.05) is 13.0 Å². The summed E-state index contributed by atoms with van der Waals surface area (Å²) in [6, 6.07) is 3.35. The van der Waals surface area contributed by atoms with Crippen molar-refractivity contribution < 1.29 is 4.52 Å². The summed E-state index contributed by atoms with van der Waals surface area (Å²) in [4.78, 5) is 11.3. The zero-order valence-electron chi connectivity index (χ0n) is 8.86. The summed E-state index contributed by atoms with van der Waals surface area (Å²) < 4.78 is 5.18. The van der Waals surface area contributed by atoms with Gasteiger partial charge in [0.1, 0.15) is 0 Å². The van der Waals surface area contributed by atoms with Crippen molar-refractivity contribution in [1.82, 2.24) is 15.4 Å². The fourth-order valence-electron chi connectivity index (χ4n) is 1.77. The third kappa shape index (κ3) is 1.54. The maximum absolute atomic E-state index is 11.3. The van der Waals surface area contributed by atoms with E-state index in [-0.39, 0.29) is 5.56 Å². The van der Waals surface area contributed by atoms with E-state index in [4.69, 9.17) is 4.52 Å². The van der Waals surface area contributed by atoms with Crippen molar-refractivity contribution in [2.45, 2.75) is 25.7 Å². The number of hydrogen-bond acceptors (Lipinski definition) is 4. The smallest absolute Gasteiger partial charge is 0.264 e. The van der Waals surface area contributed by atoms with E-state index in [2.05, 4.69) is 15.4 Å². The maximum Gasteiger partial charge on any atom is 0.264 e. The largest absolute Gasteiger partial charge is 0.356 e. The number of aryl methyl sites for hydroxylation is 1. The Morgan fingerprint density at radius 2 is 2.25 bits per heavy atom. The molecule has 0 bridgehead atoms. The molecule has 0 unspecified atom stereocenters. The van der Waals surface area contributed by atoms with Gasteiger partial charge in [0.15, 0.2) is 5.76 Å². The van der Waals surface area contributed by atoms with E-state index in [1.54, 1.807) is 0 Å². The minimum Gasteiger partial charge on any atom is -0.356 e. The predicted molar refractivity (Wildman–Crippen MR) is 57.1 cm³/mol. The molecule has 1 aliphatic carbocycles. The molecule has 5 nitrogen and oxygen atoms in total. The second-order valence-corrected chi connectivity index (χ2v) is 4.14. The predicted octanol–water partition coefficient (Wildman–Crippen LogP) is 1.61. The van der Waals surface area contributed by atoms with E-state index in [1.165, 1.54) is 6.07 Å². The van der Waals surface area contributed by atoms with Crippen molar-refractivity contribution >= 4 is 0 Å². The molecular weight excluding hydrogens is 206 g/mol. The molecule has 0 amide bonds. The van der Waals surface area contributed by atoms with Gasteiger partial charge in [-0.15, -0.1) is 0 Å². The summed E-state index contributed by atoms with van der Waals surface area (Å²) >= 11 is 0. The van der Waals surface area contributed by atoms with E-state index >= 15 is 0 Å². The Morgan fingerprint density at radius 1 is 1.44 bits per heavy atom. The lowest BCUT2D eigenvalue weighted by molar-refractivity contribution is 0.426. The second kappa shape index (κ2) is 3.30. The van der Waals surface area contributed by atoms with Crippen molar-refractivity contribution in [3.63, 3.8) is 0 Å². The molecule has 1 saturated carbocycles. The lowest BCUT2D eigenvalue weighted by atomic mass is 10.1. The van der Waals surface area contributed by atoms with Gasteiger partial charge >= 0.3 is 0 Å². The highest BCUT2D eigenvalue weighted by Gasteiger charge is 2.29. The molecule has 0 aromatic carbocycles. The standard InChI is InChI=1S/C11H11N3O2/c1-6-4-9(16-14-6)8-5-10(15)12-13-11(8)7-2-3-7/h4-5,7H,2-3H2,1H3,(H,12,15). The van der Waals surface area contributed by atoms with Gasteiger partial charge < -0.3 is 4.52 Å². The number of aromatic amines is 1. The number of aromatic nitrogens is 3. The molecule has 3 rings (SSSR count). The van der Waals surface area contributed by atoms with Crippen LogP contribution in [0, 0.1) is 6.92 Å². The molecule has 0 spiro atoms. The van der Waals surface area contributed by atoms with Gasteiger partial charge in [-0.1, -0.05) is 5.16 Å². The lowest BCUT2D eigenvalue weighted by Crippen LogP contribution is -2.09. The van der Waals surface area contributed by atoms with Crippen LogP contribution in [0.3, 0.4) is 0 Å². The van der Waals surface area contributed by atoms with E-state index in [0.29, 0.717) is 11.7 Å². The summed E-state index contributed by atoms with van der Waals surface area (Å²) in [5, 5.41) is 10.4. The quantitative estimate of drug-likeness (QED) is 0.829. The minimum atomic E-state index is -0.214. The first-order valence-corrected chi connectivity index (χ1v) is 5.27. The van der Waals surface area contributed by atoms with E-state index in [9.17, 15) is 4.79 Å². The van der Waals surface area contributed by atoms with Gasteiger partial charge in [-0.25, -0.2) is 5.10 Å². The Morgan fingerprint density at radius 3 is 2.88 bits per heavy atom. The summed E-state index contributed by atoms with van der Waals surface area (Å²) in [7, 11) is 0. The molecule has 0 saturated heterocycles. The van der Waals surface area contributed by atoms with Crippen LogP contribution >= 0.6 is 0 Å². The van der Waals surface area contributed by atoms with Gasteiger partial charge in [-0.3, -0.25) is 4.79 Å². The maximum atomic E-state index is 11.3. The molecule has 0 aliphatic heterocycles. The Kier molecular flexibility index (Phi) is 1.92. The molecule has 2 aromatic rings. The van der Waals surface area contributed by atoms with Gasteiger partial charge in [0.05, 0.1) is 11.4 Å². The molecule has 1 fully saturated rings. The molecule has 16 heavy (non-hydrogen) atoms. The average Bonchev–Trinajstić information content (AvgIpc) is 3.01. The first-order valence-electron chi connectivity index (χ1n) is 5.27. The fraction of sp³-hybridized carbons (Fsp3) is 0.364. The molecule has 2 aromatic heterocycles. The normalized spacial score (nSPS) is 15.3. The van der Waals surface area contributed by atoms with Gasteiger partial charge in [-0.2, -0.15) is 5.10 Å². The molecule has 2 heterocycles. The van der Waals surface area contributed by atoms with E-state index in [0.717, 1.165) is 29.8 Å². The molecular formula is C11H11N3O2. The zero-order chi connectivity index (χ0) is 11.1. The highest BCUT2D eigenvalue weighted by molar-refractivity contribution is 5.61. The molecule has 0 atom stereocenters. The summed E-state index contributed by atoms with van der Waals surface area (Å²) in [6.45, 7) is 1.85. The Balaban J connectivity index is 2.17. The second-order valence-electron chi connectivity index (χ2n) is 4.14. The van der Waals surface area contributed by atoms with Gasteiger partial charge in [-0.05, 0) is 19.8 Å². The monoisotopic (exact) mass is 217 g/mol. The van der Waals surface area contributed by atoms with Crippen molar-refractivity contribution in [3.8, 4) is 11.3 Å². The van der Waals surface area contributed by atoms with Crippen molar-refractivity contribution in [2.24, 2.45) is 0 Å². The van der Waals surface area contributed by atoms with Gasteiger partial charge in [0, 0.05) is 23.6 Å². The van der Waals surface area contributed by atoms with Crippen molar-refractivity contribution in [1.29, 1.82) is 0 Å². The summed E-state index contributed by atoms with van der Waals surface area (Å²) in [6.07, 6.45) is 2.25. The van der Waals surface area contributed by atoms with Crippen LogP contribution in [0.2, 0.25) is 0 Å². The Labute approximate surface area is 91.5 Å². The van der Waals surface area contributed by atoms with Crippen LogP contribution in [0.1, 0.15) is 30.1 Å². The Bertz CT molecular complexity index is 581. The molecule has 5 heteroatoms. The number of H-pyrrole nitrogens is 1. The molecule has 1 N–H and O–H groups in total.